The van der Waals surface area contributed by atoms with Crippen LogP contribution in [0, 0.1) is 0 Å². The lowest BCUT2D eigenvalue weighted by atomic mass is 9.86. The zero-order chi connectivity index (χ0) is 15.6. The fourth-order valence-corrected chi connectivity index (χ4v) is 2.66. The van der Waals surface area contributed by atoms with Gasteiger partial charge in [-0.3, -0.25) is 4.79 Å². The highest BCUT2D eigenvalue weighted by atomic mass is 35.5. The number of carbonyl (C=O) groups excluding carboxylic acids is 1. The van der Waals surface area contributed by atoms with Crippen molar-refractivity contribution in [3.05, 3.63) is 28.8 Å². The Labute approximate surface area is 142 Å². The lowest BCUT2D eigenvalue weighted by molar-refractivity contribution is -0.142. The Bertz CT molecular complexity index is 529. The summed E-state index contributed by atoms with van der Waals surface area (Å²) in [6.07, 6.45) is 0.565. The molecule has 1 aromatic carbocycles. The Kier molecular flexibility index (Phi) is 6.53. The molecule has 0 aliphatic carbocycles. The van der Waals surface area contributed by atoms with Gasteiger partial charge in [-0.25, -0.2) is 0 Å². The van der Waals surface area contributed by atoms with Gasteiger partial charge in [0.2, 0.25) is 0 Å². The van der Waals surface area contributed by atoms with Crippen LogP contribution in [0.15, 0.2) is 18.2 Å². The second-order valence-corrected chi connectivity index (χ2v) is 6.79. The number of nitrogens with one attached hydrogen (secondary N) is 1. The average molecular weight is 348 g/mol. The van der Waals surface area contributed by atoms with Crippen molar-refractivity contribution in [3.8, 4) is 5.75 Å². The van der Waals surface area contributed by atoms with Gasteiger partial charge in [0.05, 0.1) is 7.11 Å². The molecule has 124 valence electrons. The Balaban J connectivity index is 0.00000242. The van der Waals surface area contributed by atoms with Crippen molar-refractivity contribution in [1.29, 1.82) is 0 Å². The van der Waals surface area contributed by atoms with E-state index >= 15 is 0 Å². The topological polar surface area (TPSA) is 47.6 Å². The van der Waals surface area contributed by atoms with Crippen molar-refractivity contribution < 1.29 is 14.3 Å². The molecule has 0 spiro atoms. The number of hydrogen-bond donors (Lipinski definition) is 1. The van der Waals surface area contributed by atoms with Crippen LogP contribution in [0.25, 0.3) is 0 Å². The summed E-state index contributed by atoms with van der Waals surface area (Å²) in [6, 6.07) is 5.38. The van der Waals surface area contributed by atoms with Crippen LogP contribution in [0.2, 0.25) is 5.02 Å². The zero-order valence-electron chi connectivity index (χ0n) is 13.3. The second-order valence-electron chi connectivity index (χ2n) is 6.35. The molecular weight excluding hydrogens is 325 g/mol. The summed E-state index contributed by atoms with van der Waals surface area (Å²) in [5.41, 5.74) is 1.00. The molecule has 1 saturated heterocycles. The summed E-state index contributed by atoms with van der Waals surface area (Å²) in [7, 11) is 1.40. The first-order valence-corrected chi connectivity index (χ1v) is 7.47. The van der Waals surface area contributed by atoms with Gasteiger partial charge in [-0.1, -0.05) is 32.4 Å². The van der Waals surface area contributed by atoms with Gasteiger partial charge in [0, 0.05) is 23.6 Å². The van der Waals surface area contributed by atoms with Crippen LogP contribution in [-0.4, -0.2) is 31.8 Å². The number of hydrogen-bond acceptors (Lipinski definition) is 4. The molecule has 0 unspecified atom stereocenters. The van der Waals surface area contributed by atoms with E-state index in [2.05, 4.69) is 26.1 Å². The van der Waals surface area contributed by atoms with E-state index in [0.717, 1.165) is 11.3 Å². The number of ether oxygens (including phenoxy) is 2. The minimum absolute atomic E-state index is 0. The molecule has 1 aliphatic heterocycles. The first-order chi connectivity index (χ1) is 9.81. The summed E-state index contributed by atoms with van der Waals surface area (Å²) in [6.45, 7) is 6.99. The van der Waals surface area contributed by atoms with Crippen molar-refractivity contribution in [2.75, 3.05) is 13.7 Å². The normalized spacial score (nSPS) is 21.1. The summed E-state index contributed by atoms with van der Waals surface area (Å²) >= 11 is 6.09. The third-order valence-electron chi connectivity index (χ3n) is 3.62. The van der Waals surface area contributed by atoms with Crippen LogP contribution in [0.4, 0.5) is 0 Å². The van der Waals surface area contributed by atoms with Crippen LogP contribution in [0.3, 0.4) is 0 Å². The van der Waals surface area contributed by atoms with Crippen LogP contribution in [0.5, 0.6) is 5.75 Å². The van der Waals surface area contributed by atoms with E-state index in [4.69, 9.17) is 21.1 Å². The van der Waals surface area contributed by atoms with E-state index in [1.165, 1.54) is 7.11 Å². The third-order valence-corrected chi connectivity index (χ3v) is 3.85. The third kappa shape index (κ3) is 4.51. The first-order valence-electron chi connectivity index (χ1n) is 7.09. The van der Waals surface area contributed by atoms with E-state index in [1.807, 2.05) is 18.2 Å². The van der Waals surface area contributed by atoms with Gasteiger partial charge in [-0.2, -0.15) is 0 Å². The fourth-order valence-electron chi connectivity index (χ4n) is 2.49. The molecule has 0 aromatic heterocycles. The van der Waals surface area contributed by atoms with Crippen molar-refractivity contribution >= 4 is 30.0 Å². The number of rotatable bonds is 3. The molecule has 1 fully saturated rings. The second kappa shape index (κ2) is 7.53. The van der Waals surface area contributed by atoms with Crippen LogP contribution in [0.1, 0.15) is 32.8 Å². The zero-order valence-corrected chi connectivity index (χ0v) is 14.9. The lowest BCUT2D eigenvalue weighted by Crippen LogP contribution is -2.31. The highest BCUT2D eigenvalue weighted by Gasteiger charge is 2.32. The molecule has 4 nitrogen and oxygen atoms in total. The van der Waals surface area contributed by atoms with E-state index in [-0.39, 0.29) is 35.9 Å². The smallest absolute Gasteiger partial charge is 0.323 e. The van der Waals surface area contributed by atoms with Crippen molar-refractivity contribution in [2.45, 2.75) is 44.8 Å². The molecule has 0 bridgehead atoms. The van der Waals surface area contributed by atoms with Crippen LogP contribution < -0.4 is 10.1 Å². The van der Waals surface area contributed by atoms with Gasteiger partial charge in [0.15, 0.2) is 0 Å². The van der Waals surface area contributed by atoms with Crippen molar-refractivity contribution in [2.24, 2.45) is 0 Å². The number of halogens is 2. The molecule has 1 aromatic rings. The summed E-state index contributed by atoms with van der Waals surface area (Å²) in [5, 5.41) is 3.82. The van der Waals surface area contributed by atoms with Gasteiger partial charge >= 0.3 is 5.97 Å². The molecule has 1 N–H and O–H groups in total. The fraction of sp³-hybridized carbons (Fsp3) is 0.562. The van der Waals surface area contributed by atoms with E-state index < -0.39 is 0 Å². The van der Waals surface area contributed by atoms with Gasteiger partial charge in [0.1, 0.15) is 17.9 Å². The highest BCUT2D eigenvalue weighted by Crippen LogP contribution is 2.34. The maximum Gasteiger partial charge on any atom is 0.323 e. The minimum atomic E-state index is -0.287. The minimum Gasteiger partial charge on any atom is -0.489 e. The van der Waals surface area contributed by atoms with Crippen molar-refractivity contribution in [1.82, 2.24) is 5.32 Å². The predicted molar refractivity (Wildman–Crippen MR) is 90.2 cm³/mol. The van der Waals surface area contributed by atoms with Crippen LogP contribution in [-0.2, 0) is 14.9 Å². The Morgan fingerprint density at radius 2 is 2.05 bits per heavy atom. The van der Waals surface area contributed by atoms with Gasteiger partial charge < -0.3 is 14.8 Å². The number of methoxy groups -OCH3 is 1. The van der Waals surface area contributed by atoms with Gasteiger partial charge in [-0.15, -0.1) is 12.4 Å². The Morgan fingerprint density at radius 3 is 2.64 bits per heavy atom. The summed E-state index contributed by atoms with van der Waals surface area (Å²) < 4.78 is 10.8. The predicted octanol–water partition coefficient (Wildman–Crippen LogP) is 3.34. The summed E-state index contributed by atoms with van der Waals surface area (Å²) in [4.78, 5) is 11.5. The lowest BCUT2D eigenvalue weighted by Gasteiger charge is -2.25. The monoisotopic (exact) mass is 347 g/mol. The van der Waals surface area contributed by atoms with E-state index in [1.54, 1.807) is 0 Å². The SMILES string of the molecule is COC(=O)[C@@H]1C[C@H](Oc2ccc(Cl)cc2C(C)(C)C)CN1.Cl. The molecule has 2 rings (SSSR count). The molecule has 22 heavy (non-hydrogen) atoms. The standard InChI is InChI=1S/C16H22ClNO3.ClH/c1-16(2,3)12-7-10(17)5-6-14(12)21-11-8-13(18-9-11)15(19)20-4;/h5-7,11,13,18H,8-9H2,1-4H3;1H/t11-,13-;/m0./s1. The number of esters is 1. The molecular formula is C16H23Cl2NO3. The molecule has 0 amide bonds. The molecule has 0 saturated carbocycles. The molecule has 6 heteroatoms. The Hall–Kier alpha value is -0.970. The molecule has 2 atom stereocenters. The average Bonchev–Trinajstić information content (AvgIpc) is 2.87. The quantitative estimate of drug-likeness (QED) is 0.851. The maximum atomic E-state index is 11.5. The largest absolute Gasteiger partial charge is 0.489 e. The van der Waals surface area contributed by atoms with Crippen molar-refractivity contribution in [3.63, 3.8) is 0 Å². The van der Waals surface area contributed by atoms with E-state index in [9.17, 15) is 4.79 Å². The summed E-state index contributed by atoms with van der Waals surface area (Å²) in [5.74, 6) is 0.581. The molecule has 0 radical (unpaired) electrons. The van der Waals surface area contributed by atoms with Crippen LogP contribution >= 0.6 is 24.0 Å². The van der Waals surface area contributed by atoms with Gasteiger partial charge in [-0.05, 0) is 23.6 Å². The molecule has 1 aliphatic rings. The van der Waals surface area contributed by atoms with Gasteiger partial charge in [0.25, 0.3) is 0 Å². The molecule has 1 heterocycles. The Morgan fingerprint density at radius 1 is 1.36 bits per heavy atom. The number of benzene rings is 1. The highest BCUT2D eigenvalue weighted by molar-refractivity contribution is 6.30. The van der Waals surface area contributed by atoms with E-state index in [0.29, 0.717) is 18.0 Å². The first kappa shape index (κ1) is 19.1. The maximum absolute atomic E-state index is 11.5. The number of carbonyl (C=O) groups is 1.